The first kappa shape index (κ1) is 19.4. The third-order valence-electron chi connectivity index (χ3n) is 3.71. The van der Waals surface area contributed by atoms with E-state index in [4.69, 9.17) is 0 Å². The number of carbonyl (C=O) groups is 2. The van der Waals surface area contributed by atoms with Crippen LogP contribution in [-0.4, -0.2) is 46.9 Å². The maximum Gasteiger partial charge on any atom is 0.337 e. The van der Waals surface area contributed by atoms with Crippen molar-refractivity contribution in [3.8, 4) is 0 Å². The third kappa shape index (κ3) is 5.02. The molecule has 1 aromatic heterocycles. The number of methoxy groups -OCH3 is 1. The molecule has 138 valence electrons. The second kappa shape index (κ2) is 9.50. The van der Waals surface area contributed by atoms with E-state index in [0.29, 0.717) is 36.0 Å². The molecule has 1 N–H and O–H groups in total. The monoisotopic (exact) mass is 356 g/mol. The zero-order valence-electron chi connectivity index (χ0n) is 15.4. The number of rotatable bonds is 8. The fourth-order valence-corrected chi connectivity index (χ4v) is 2.49. The molecule has 7 heteroatoms. The number of anilines is 2. The number of aromatic nitrogens is 2. The third-order valence-corrected chi connectivity index (χ3v) is 3.71. The summed E-state index contributed by atoms with van der Waals surface area (Å²) in [6, 6.07) is 8.36. The van der Waals surface area contributed by atoms with Crippen LogP contribution in [0.3, 0.4) is 0 Å². The molecule has 0 bridgehead atoms. The molecule has 7 nitrogen and oxygen atoms in total. The molecule has 1 heterocycles. The molecule has 2 rings (SSSR count). The Hall–Kier alpha value is -2.96. The summed E-state index contributed by atoms with van der Waals surface area (Å²) in [5.41, 5.74) is 1.52. The highest BCUT2D eigenvalue weighted by atomic mass is 16.5. The fourth-order valence-electron chi connectivity index (χ4n) is 2.49. The van der Waals surface area contributed by atoms with Crippen LogP contribution in [0.25, 0.3) is 0 Å². The van der Waals surface area contributed by atoms with Gasteiger partial charge < -0.3 is 15.0 Å². The standard InChI is InChI=1S/C19H24N4O3/c1-4-12-23(13-5-2)17(24)16-10-11-20-19(22-16)21-15-8-6-14(7-9-15)18(25)26-3/h6-11H,4-5,12-13H2,1-3H3,(H,20,21,22). The molecular formula is C19H24N4O3. The van der Waals surface area contributed by atoms with Crippen molar-refractivity contribution in [3.63, 3.8) is 0 Å². The number of nitrogens with zero attached hydrogens (tertiary/aromatic N) is 3. The summed E-state index contributed by atoms with van der Waals surface area (Å²) < 4.78 is 4.67. The molecule has 0 aliphatic heterocycles. The van der Waals surface area contributed by atoms with Gasteiger partial charge in [0.15, 0.2) is 0 Å². The average Bonchev–Trinajstić information content (AvgIpc) is 2.67. The van der Waals surface area contributed by atoms with Crippen molar-refractivity contribution in [1.82, 2.24) is 14.9 Å². The summed E-state index contributed by atoms with van der Waals surface area (Å²) in [4.78, 5) is 34.4. The lowest BCUT2D eigenvalue weighted by molar-refractivity contribution is 0.0600. The van der Waals surface area contributed by atoms with Crippen LogP contribution in [0, 0.1) is 0 Å². The Balaban J connectivity index is 2.13. The number of ether oxygens (including phenoxy) is 1. The average molecular weight is 356 g/mol. The lowest BCUT2D eigenvalue weighted by Crippen LogP contribution is -2.33. The first-order chi connectivity index (χ1) is 12.6. The number of hydrogen-bond donors (Lipinski definition) is 1. The zero-order valence-corrected chi connectivity index (χ0v) is 15.4. The van der Waals surface area contributed by atoms with Gasteiger partial charge in [-0.25, -0.2) is 14.8 Å². The Morgan fingerprint density at radius 2 is 1.73 bits per heavy atom. The SMILES string of the molecule is CCCN(CCC)C(=O)c1ccnc(Nc2ccc(C(=O)OC)cc2)n1. The number of amides is 1. The summed E-state index contributed by atoms with van der Waals surface area (Å²) >= 11 is 0. The second-order valence-electron chi connectivity index (χ2n) is 5.75. The van der Waals surface area contributed by atoms with Gasteiger partial charge in [0.2, 0.25) is 5.95 Å². The van der Waals surface area contributed by atoms with Crippen molar-refractivity contribution < 1.29 is 14.3 Å². The predicted molar refractivity (Wildman–Crippen MR) is 99.6 cm³/mol. The smallest absolute Gasteiger partial charge is 0.337 e. The van der Waals surface area contributed by atoms with Gasteiger partial charge in [0.1, 0.15) is 5.69 Å². The van der Waals surface area contributed by atoms with Crippen LogP contribution >= 0.6 is 0 Å². The highest BCUT2D eigenvalue weighted by Crippen LogP contribution is 2.15. The number of hydrogen-bond acceptors (Lipinski definition) is 6. The lowest BCUT2D eigenvalue weighted by atomic mass is 10.2. The maximum atomic E-state index is 12.6. The quantitative estimate of drug-likeness (QED) is 0.731. The normalized spacial score (nSPS) is 10.3. The van der Waals surface area contributed by atoms with Gasteiger partial charge in [-0.3, -0.25) is 4.79 Å². The molecule has 0 atom stereocenters. The van der Waals surface area contributed by atoms with E-state index in [9.17, 15) is 9.59 Å². The lowest BCUT2D eigenvalue weighted by Gasteiger charge is -2.21. The molecule has 0 aliphatic carbocycles. The molecule has 0 unspecified atom stereocenters. The van der Waals surface area contributed by atoms with E-state index in [2.05, 4.69) is 20.0 Å². The van der Waals surface area contributed by atoms with Crippen molar-refractivity contribution in [1.29, 1.82) is 0 Å². The molecule has 26 heavy (non-hydrogen) atoms. The summed E-state index contributed by atoms with van der Waals surface area (Å²) in [6.07, 6.45) is 3.35. The van der Waals surface area contributed by atoms with Crippen LogP contribution in [0.2, 0.25) is 0 Å². The van der Waals surface area contributed by atoms with Crippen LogP contribution in [0.1, 0.15) is 47.5 Å². The van der Waals surface area contributed by atoms with Gasteiger partial charge in [-0.15, -0.1) is 0 Å². The van der Waals surface area contributed by atoms with E-state index in [1.54, 1.807) is 41.4 Å². The minimum atomic E-state index is -0.396. The van der Waals surface area contributed by atoms with E-state index in [1.165, 1.54) is 7.11 Å². The van der Waals surface area contributed by atoms with Gasteiger partial charge in [0.25, 0.3) is 5.91 Å². The Morgan fingerprint density at radius 3 is 2.31 bits per heavy atom. The van der Waals surface area contributed by atoms with Crippen molar-refractivity contribution >= 4 is 23.5 Å². The summed E-state index contributed by atoms with van der Waals surface area (Å²) in [6.45, 7) is 5.49. The van der Waals surface area contributed by atoms with E-state index in [0.717, 1.165) is 12.8 Å². The van der Waals surface area contributed by atoms with Crippen LogP contribution in [0.5, 0.6) is 0 Å². The van der Waals surface area contributed by atoms with E-state index >= 15 is 0 Å². The molecule has 0 aliphatic rings. The maximum absolute atomic E-state index is 12.6. The van der Waals surface area contributed by atoms with Gasteiger partial charge in [-0.1, -0.05) is 13.8 Å². The van der Waals surface area contributed by atoms with Gasteiger partial charge >= 0.3 is 5.97 Å². The summed E-state index contributed by atoms with van der Waals surface area (Å²) in [7, 11) is 1.34. The van der Waals surface area contributed by atoms with Gasteiger partial charge in [0, 0.05) is 25.0 Å². The first-order valence-corrected chi connectivity index (χ1v) is 8.66. The van der Waals surface area contributed by atoms with E-state index < -0.39 is 5.97 Å². The zero-order chi connectivity index (χ0) is 18.9. The molecule has 0 saturated heterocycles. The first-order valence-electron chi connectivity index (χ1n) is 8.66. The molecule has 1 amide bonds. The number of nitrogens with one attached hydrogen (secondary N) is 1. The molecule has 1 aromatic carbocycles. The number of esters is 1. The van der Waals surface area contributed by atoms with E-state index in [1.807, 2.05) is 13.8 Å². The molecule has 0 fully saturated rings. The van der Waals surface area contributed by atoms with Crippen molar-refractivity contribution in [3.05, 3.63) is 47.8 Å². The van der Waals surface area contributed by atoms with Crippen molar-refractivity contribution in [2.45, 2.75) is 26.7 Å². The Bertz CT molecular complexity index is 741. The minimum absolute atomic E-state index is 0.0970. The van der Waals surface area contributed by atoms with Gasteiger partial charge in [-0.05, 0) is 43.2 Å². The summed E-state index contributed by atoms with van der Waals surface area (Å²) in [5, 5.41) is 3.04. The van der Waals surface area contributed by atoms with Crippen LogP contribution in [-0.2, 0) is 4.74 Å². The Labute approximate surface area is 153 Å². The van der Waals surface area contributed by atoms with Crippen LogP contribution in [0.15, 0.2) is 36.5 Å². The molecular weight excluding hydrogens is 332 g/mol. The van der Waals surface area contributed by atoms with Gasteiger partial charge in [-0.2, -0.15) is 0 Å². The van der Waals surface area contributed by atoms with Crippen LogP contribution < -0.4 is 5.32 Å². The van der Waals surface area contributed by atoms with Crippen molar-refractivity contribution in [2.75, 3.05) is 25.5 Å². The topological polar surface area (TPSA) is 84.4 Å². The Kier molecular flexibility index (Phi) is 7.08. The number of carbonyl (C=O) groups excluding carboxylic acids is 2. The van der Waals surface area contributed by atoms with Crippen LogP contribution in [0.4, 0.5) is 11.6 Å². The molecule has 0 saturated carbocycles. The number of benzene rings is 1. The largest absolute Gasteiger partial charge is 0.465 e. The molecule has 0 spiro atoms. The fraction of sp³-hybridized carbons (Fsp3) is 0.368. The highest BCUT2D eigenvalue weighted by Gasteiger charge is 2.16. The second-order valence-corrected chi connectivity index (χ2v) is 5.75. The van der Waals surface area contributed by atoms with E-state index in [-0.39, 0.29) is 5.91 Å². The Morgan fingerprint density at radius 1 is 1.08 bits per heavy atom. The highest BCUT2D eigenvalue weighted by molar-refractivity contribution is 5.92. The minimum Gasteiger partial charge on any atom is -0.465 e. The molecule has 2 aromatic rings. The van der Waals surface area contributed by atoms with Gasteiger partial charge in [0.05, 0.1) is 12.7 Å². The molecule has 0 radical (unpaired) electrons. The predicted octanol–water partition coefficient (Wildman–Crippen LogP) is 3.27. The summed E-state index contributed by atoms with van der Waals surface area (Å²) in [5.74, 6) is -0.165. The van der Waals surface area contributed by atoms with Crippen molar-refractivity contribution in [2.24, 2.45) is 0 Å².